The number of methoxy groups -OCH3 is 2. The van der Waals surface area contributed by atoms with Crippen LogP contribution < -0.4 is 13.8 Å². The summed E-state index contributed by atoms with van der Waals surface area (Å²) in [7, 11) is 0.340. The van der Waals surface area contributed by atoms with Gasteiger partial charge in [0.15, 0.2) is 11.5 Å². The molecule has 0 saturated carbocycles. The summed E-state index contributed by atoms with van der Waals surface area (Å²) < 4.78 is 37.4. The summed E-state index contributed by atoms with van der Waals surface area (Å²) in [4.78, 5) is 13.9. The first-order chi connectivity index (χ1) is 11.9. The summed E-state index contributed by atoms with van der Waals surface area (Å²) in [6.07, 6.45) is 0. The Hall–Kier alpha value is -2.74. The Labute approximate surface area is 146 Å². The Morgan fingerprint density at radius 3 is 2.36 bits per heavy atom. The number of benzene rings is 2. The number of anilines is 1. The van der Waals surface area contributed by atoms with Crippen LogP contribution in [0.1, 0.15) is 5.56 Å². The monoisotopic (exact) mass is 362 g/mol. The molecule has 0 atom stereocenters. The number of para-hydroxylation sites is 1. The van der Waals surface area contributed by atoms with Crippen LogP contribution in [0.5, 0.6) is 11.5 Å². The average Bonchev–Trinajstić information content (AvgIpc) is 2.61. The molecular formula is C17H18N2O5S. The number of hydrogen-bond donors (Lipinski definition) is 0. The molecule has 132 valence electrons. The molecule has 0 fully saturated rings. The molecule has 8 heteroatoms. The highest BCUT2D eigenvalue weighted by molar-refractivity contribution is 7.93. The molecule has 0 radical (unpaired) electrons. The van der Waals surface area contributed by atoms with Gasteiger partial charge >= 0.3 is 6.03 Å². The van der Waals surface area contributed by atoms with Gasteiger partial charge in [0.2, 0.25) is 0 Å². The van der Waals surface area contributed by atoms with Crippen LogP contribution in [-0.4, -0.2) is 40.6 Å². The first kappa shape index (κ1) is 17.1. The second-order valence-corrected chi connectivity index (χ2v) is 7.34. The lowest BCUT2D eigenvalue weighted by atomic mass is 10.1. The van der Waals surface area contributed by atoms with E-state index in [1.54, 1.807) is 25.2 Å². The molecule has 1 aliphatic rings. The number of nitrogens with zero attached hydrogens (tertiary/aromatic N) is 2. The third-order valence-corrected chi connectivity index (χ3v) is 5.69. The lowest BCUT2D eigenvalue weighted by molar-refractivity contribution is 0.215. The highest BCUT2D eigenvalue weighted by Crippen LogP contribution is 2.35. The Bertz CT molecular complexity index is 926. The number of ether oxygens (including phenoxy) is 2. The minimum absolute atomic E-state index is 0.0522. The van der Waals surface area contributed by atoms with E-state index < -0.39 is 16.1 Å². The van der Waals surface area contributed by atoms with Crippen molar-refractivity contribution in [2.45, 2.75) is 11.4 Å². The van der Waals surface area contributed by atoms with Crippen molar-refractivity contribution >= 4 is 21.7 Å². The van der Waals surface area contributed by atoms with Crippen LogP contribution in [0.4, 0.5) is 10.5 Å². The summed E-state index contributed by atoms with van der Waals surface area (Å²) in [5.74, 6) is 0.679. The summed E-state index contributed by atoms with van der Waals surface area (Å²) >= 11 is 0. The Morgan fingerprint density at radius 1 is 1.00 bits per heavy atom. The maximum absolute atomic E-state index is 13.2. The lowest BCUT2D eigenvalue weighted by Crippen LogP contribution is -2.48. The second kappa shape index (κ2) is 6.29. The van der Waals surface area contributed by atoms with E-state index in [4.69, 9.17) is 9.47 Å². The zero-order chi connectivity index (χ0) is 18.2. The number of sulfonamides is 1. The molecule has 2 amide bonds. The van der Waals surface area contributed by atoms with E-state index in [9.17, 15) is 13.2 Å². The Kier molecular flexibility index (Phi) is 4.30. The van der Waals surface area contributed by atoms with Crippen LogP contribution in [0.15, 0.2) is 47.4 Å². The number of amides is 2. The molecule has 0 spiro atoms. The van der Waals surface area contributed by atoms with Crippen LogP contribution >= 0.6 is 0 Å². The predicted molar refractivity (Wildman–Crippen MR) is 92.5 cm³/mol. The molecule has 0 unspecified atom stereocenters. The Morgan fingerprint density at radius 2 is 1.68 bits per heavy atom. The van der Waals surface area contributed by atoms with E-state index in [2.05, 4.69) is 0 Å². The smallest absolute Gasteiger partial charge is 0.338 e. The fourth-order valence-corrected chi connectivity index (χ4v) is 4.23. The summed E-state index contributed by atoms with van der Waals surface area (Å²) in [5.41, 5.74) is 1.12. The zero-order valence-electron chi connectivity index (χ0n) is 14.1. The molecule has 0 aliphatic carbocycles. The first-order valence-electron chi connectivity index (χ1n) is 7.50. The van der Waals surface area contributed by atoms with Gasteiger partial charge in [-0.25, -0.2) is 13.2 Å². The van der Waals surface area contributed by atoms with Gasteiger partial charge in [0, 0.05) is 19.7 Å². The van der Waals surface area contributed by atoms with Crippen molar-refractivity contribution in [3.8, 4) is 11.5 Å². The third-order valence-electron chi connectivity index (χ3n) is 4.01. The van der Waals surface area contributed by atoms with Crippen LogP contribution in [0.2, 0.25) is 0 Å². The number of hydrogen-bond acceptors (Lipinski definition) is 5. The molecule has 1 aliphatic heterocycles. The normalized spacial score (nSPS) is 14.3. The van der Waals surface area contributed by atoms with Gasteiger partial charge in [-0.3, -0.25) is 0 Å². The molecule has 0 saturated heterocycles. The minimum atomic E-state index is -4.11. The fourth-order valence-electron chi connectivity index (χ4n) is 2.74. The van der Waals surface area contributed by atoms with Gasteiger partial charge in [0.25, 0.3) is 10.0 Å². The average molecular weight is 362 g/mol. The molecule has 0 aromatic heterocycles. The van der Waals surface area contributed by atoms with E-state index in [0.29, 0.717) is 18.0 Å². The number of carbonyl (C=O) groups is 1. The largest absolute Gasteiger partial charge is 0.493 e. The van der Waals surface area contributed by atoms with Crippen LogP contribution in [0, 0.1) is 0 Å². The predicted octanol–water partition coefficient (Wildman–Crippen LogP) is 2.46. The molecule has 7 nitrogen and oxygen atoms in total. The standard InChI is InChI=1S/C17H18N2O5S/c1-18-11-12-6-4-5-7-14(12)19(17(18)20)25(21,22)13-8-9-15(23-2)16(10-13)24-3/h4-10H,11H2,1-3H3. The second-order valence-electron chi connectivity index (χ2n) is 5.55. The van der Waals surface area contributed by atoms with E-state index in [1.807, 2.05) is 6.07 Å². The molecular weight excluding hydrogens is 344 g/mol. The SMILES string of the molecule is COc1ccc(S(=O)(=O)N2C(=O)N(C)Cc3ccccc32)cc1OC. The summed E-state index contributed by atoms with van der Waals surface area (Å²) in [6.45, 7) is 0.354. The molecule has 3 rings (SSSR count). The van der Waals surface area contributed by atoms with Gasteiger partial charge in [0.05, 0.1) is 24.8 Å². The van der Waals surface area contributed by atoms with E-state index >= 15 is 0 Å². The molecule has 0 N–H and O–H groups in total. The molecule has 2 aromatic rings. The Balaban J connectivity index is 2.16. The van der Waals surface area contributed by atoms with E-state index in [0.717, 1.165) is 9.87 Å². The number of carbonyl (C=O) groups excluding carboxylic acids is 1. The van der Waals surface area contributed by atoms with Crippen molar-refractivity contribution in [3.63, 3.8) is 0 Å². The number of rotatable bonds is 4. The molecule has 0 bridgehead atoms. The topological polar surface area (TPSA) is 76.2 Å². The first-order valence-corrected chi connectivity index (χ1v) is 8.94. The maximum atomic E-state index is 13.2. The summed E-state index contributed by atoms with van der Waals surface area (Å²) in [5, 5.41) is 0. The van der Waals surface area contributed by atoms with Crippen molar-refractivity contribution in [1.29, 1.82) is 0 Å². The maximum Gasteiger partial charge on any atom is 0.338 e. The van der Waals surface area contributed by atoms with E-state index in [-0.39, 0.29) is 10.6 Å². The highest BCUT2D eigenvalue weighted by atomic mass is 32.2. The van der Waals surface area contributed by atoms with Crippen LogP contribution in [0.3, 0.4) is 0 Å². The van der Waals surface area contributed by atoms with Crippen molar-refractivity contribution in [3.05, 3.63) is 48.0 Å². The quantitative estimate of drug-likeness (QED) is 0.835. The van der Waals surface area contributed by atoms with Gasteiger partial charge in [0.1, 0.15) is 0 Å². The third kappa shape index (κ3) is 2.78. The lowest BCUT2D eigenvalue weighted by Gasteiger charge is -2.34. The van der Waals surface area contributed by atoms with Crippen molar-refractivity contribution in [2.24, 2.45) is 0 Å². The molecule has 1 heterocycles. The van der Waals surface area contributed by atoms with E-state index in [1.165, 1.54) is 37.3 Å². The van der Waals surface area contributed by atoms with Crippen molar-refractivity contribution < 1.29 is 22.7 Å². The van der Waals surface area contributed by atoms with Crippen LogP contribution in [0.25, 0.3) is 0 Å². The van der Waals surface area contributed by atoms with Gasteiger partial charge < -0.3 is 14.4 Å². The van der Waals surface area contributed by atoms with Gasteiger partial charge in [-0.2, -0.15) is 4.31 Å². The van der Waals surface area contributed by atoms with Gasteiger partial charge in [-0.05, 0) is 23.8 Å². The summed E-state index contributed by atoms with van der Waals surface area (Å²) in [6, 6.07) is 10.6. The van der Waals surface area contributed by atoms with Crippen molar-refractivity contribution in [2.75, 3.05) is 25.6 Å². The molecule has 2 aromatic carbocycles. The van der Waals surface area contributed by atoms with Crippen molar-refractivity contribution in [1.82, 2.24) is 4.90 Å². The van der Waals surface area contributed by atoms with Crippen LogP contribution in [-0.2, 0) is 16.6 Å². The number of fused-ring (bicyclic) bond motifs is 1. The fraction of sp³-hybridized carbons (Fsp3) is 0.235. The highest BCUT2D eigenvalue weighted by Gasteiger charge is 2.38. The minimum Gasteiger partial charge on any atom is -0.493 e. The molecule has 25 heavy (non-hydrogen) atoms. The zero-order valence-corrected chi connectivity index (χ0v) is 14.9. The van der Waals surface area contributed by atoms with Gasteiger partial charge in [-0.1, -0.05) is 18.2 Å². The number of urea groups is 1. The van der Waals surface area contributed by atoms with Gasteiger partial charge in [-0.15, -0.1) is 0 Å².